The standard InChI is InChI=1S/C16H21N3O2/c1-11-16(12-7-5-6-8-13(12)17-11)14(20)9-19(4)10-15(21)18(2)3/h5-8,17H,9-10H2,1-4H3/p+1. The highest BCUT2D eigenvalue weighted by Gasteiger charge is 2.21. The van der Waals surface area contributed by atoms with Crippen molar-refractivity contribution in [1.29, 1.82) is 0 Å². The number of amides is 1. The first kappa shape index (κ1) is 15.3. The van der Waals surface area contributed by atoms with Gasteiger partial charge < -0.3 is 14.8 Å². The minimum Gasteiger partial charge on any atom is -0.358 e. The maximum Gasteiger partial charge on any atom is 0.277 e. The molecule has 5 heteroatoms. The molecule has 0 aliphatic rings. The number of aromatic nitrogens is 1. The molecule has 0 bridgehead atoms. The number of benzene rings is 1. The molecule has 2 N–H and O–H groups in total. The van der Waals surface area contributed by atoms with E-state index >= 15 is 0 Å². The fraction of sp³-hybridized carbons (Fsp3) is 0.375. The van der Waals surface area contributed by atoms with Crippen molar-refractivity contribution in [3.05, 3.63) is 35.5 Å². The van der Waals surface area contributed by atoms with Crippen molar-refractivity contribution in [3.8, 4) is 0 Å². The van der Waals surface area contributed by atoms with Crippen LogP contribution < -0.4 is 4.90 Å². The van der Waals surface area contributed by atoms with Crippen molar-refractivity contribution < 1.29 is 14.5 Å². The minimum atomic E-state index is 0.0240. The van der Waals surface area contributed by atoms with Gasteiger partial charge >= 0.3 is 0 Å². The molecule has 0 spiro atoms. The minimum absolute atomic E-state index is 0.0240. The first-order chi connectivity index (χ1) is 9.90. The molecule has 0 fully saturated rings. The summed E-state index contributed by atoms with van der Waals surface area (Å²) in [6.45, 7) is 2.54. The lowest BCUT2D eigenvalue weighted by molar-refractivity contribution is -0.862. The summed E-state index contributed by atoms with van der Waals surface area (Å²) in [7, 11) is 5.31. The van der Waals surface area contributed by atoms with Crippen LogP contribution in [0.15, 0.2) is 24.3 Å². The van der Waals surface area contributed by atoms with E-state index in [9.17, 15) is 9.59 Å². The van der Waals surface area contributed by atoms with Gasteiger partial charge in [0.05, 0.1) is 12.6 Å². The van der Waals surface area contributed by atoms with Crippen LogP contribution in [-0.2, 0) is 4.79 Å². The molecule has 1 heterocycles. The zero-order chi connectivity index (χ0) is 15.6. The van der Waals surface area contributed by atoms with E-state index in [1.807, 2.05) is 38.2 Å². The Morgan fingerprint density at radius 3 is 2.52 bits per heavy atom. The third-order valence-corrected chi connectivity index (χ3v) is 3.59. The second kappa shape index (κ2) is 6.10. The predicted octanol–water partition coefficient (Wildman–Crippen LogP) is 0.262. The molecule has 0 aliphatic carbocycles. The van der Waals surface area contributed by atoms with Crippen LogP contribution in [0.25, 0.3) is 10.9 Å². The quantitative estimate of drug-likeness (QED) is 0.776. The van der Waals surface area contributed by atoms with Crippen molar-refractivity contribution in [3.63, 3.8) is 0 Å². The molecule has 0 saturated carbocycles. The van der Waals surface area contributed by atoms with E-state index in [-0.39, 0.29) is 11.7 Å². The highest BCUT2D eigenvalue weighted by Crippen LogP contribution is 2.21. The number of nitrogens with one attached hydrogen (secondary N) is 2. The Kier molecular flexibility index (Phi) is 4.43. The number of hydrogen-bond donors (Lipinski definition) is 2. The SMILES string of the molecule is Cc1[nH]c2ccccc2c1C(=O)C[NH+](C)CC(=O)N(C)C. The van der Waals surface area contributed by atoms with Crippen LogP contribution in [0.5, 0.6) is 0 Å². The molecule has 1 amide bonds. The third kappa shape index (κ3) is 3.31. The number of rotatable bonds is 5. The van der Waals surface area contributed by atoms with Crippen molar-refractivity contribution >= 4 is 22.6 Å². The molecule has 2 rings (SSSR count). The Bertz CT molecular complexity index is 673. The van der Waals surface area contributed by atoms with E-state index in [0.29, 0.717) is 13.1 Å². The number of fused-ring (bicyclic) bond motifs is 1. The molecule has 112 valence electrons. The van der Waals surface area contributed by atoms with Crippen molar-refractivity contribution in [2.45, 2.75) is 6.92 Å². The van der Waals surface area contributed by atoms with Crippen LogP contribution in [-0.4, -0.2) is 55.8 Å². The summed E-state index contributed by atoms with van der Waals surface area (Å²) in [5.74, 6) is 0.0879. The van der Waals surface area contributed by atoms with Crippen molar-refractivity contribution in [1.82, 2.24) is 9.88 Å². The molecule has 5 nitrogen and oxygen atoms in total. The molecule has 1 aromatic heterocycles. The average molecular weight is 288 g/mol. The van der Waals surface area contributed by atoms with Gasteiger partial charge in [-0.15, -0.1) is 0 Å². The number of quaternary nitrogens is 1. The smallest absolute Gasteiger partial charge is 0.277 e. The van der Waals surface area contributed by atoms with Crippen LogP contribution >= 0.6 is 0 Å². The monoisotopic (exact) mass is 288 g/mol. The van der Waals surface area contributed by atoms with Crippen LogP contribution in [0.2, 0.25) is 0 Å². The Balaban J connectivity index is 2.16. The van der Waals surface area contributed by atoms with Gasteiger partial charge in [-0.25, -0.2) is 0 Å². The molecule has 1 atom stereocenters. The third-order valence-electron chi connectivity index (χ3n) is 3.59. The second-order valence-electron chi connectivity index (χ2n) is 5.69. The first-order valence-electron chi connectivity index (χ1n) is 7.02. The Morgan fingerprint density at radius 1 is 1.19 bits per heavy atom. The molecule has 0 radical (unpaired) electrons. The molecule has 1 unspecified atom stereocenters. The van der Waals surface area contributed by atoms with Gasteiger partial charge in [0.2, 0.25) is 5.78 Å². The summed E-state index contributed by atoms with van der Waals surface area (Å²) >= 11 is 0. The van der Waals surface area contributed by atoms with Crippen molar-refractivity contribution in [2.24, 2.45) is 0 Å². The van der Waals surface area contributed by atoms with Crippen LogP contribution in [0, 0.1) is 6.92 Å². The summed E-state index contributed by atoms with van der Waals surface area (Å²) in [5.41, 5.74) is 2.59. The normalized spacial score (nSPS) is 12.4. The number of Topliss-reactive ketones (excluding diaryl/α,β-unsaturated/α-hetero) is 1. The fourth-order valence-corrected chi connectivity index (χ4v) is 2.48. The van der Waals surface area contributed by atoms with E-state index in [1.165, 1.54) is 0 Å². The van der Waals surface area contributed by atoms with Gasteiger partial charge in [-0.3, -0.25) is 9.59 Å². The summed E-state index contributed by atoms with van der Waals surface area (Å²) in [5, 5.41) is 0.951. The van der Waals surface area contributed by atoms with Gasteiger partial charge in [-0.2, -0.15) is 0 Å². The maximum absolute atomic E-state index is 12.5. The lowest BCUT2D eigenvalue weighted by Crippen LogP contribution is -3.11. The van der Waals surface area contributed by atoms with E-state index < -0.39 is 0 Å². The van der Waals surface area contributed by atoms with E-state index in [1.54, 1.807) is 19.0 Å². The van der Waals surface area contributed by atoms with Gasteiger partial charge in [0, 0.05) is 30.7 Å². The van der Waals surface area contributed by atoms with Gasteiger partial charge in [-0.05, 0) is 13.0 Å². The predicted molar refractivity (Wildman–Crippen MR) is 82.7 cm³/mol. The molecular weight excluding hydrogens is 266 g/mol. The number of nitrogens with zero attached hydrogens (tertiary/aromatic N) is 1. The number of ketones is 1. The van der Waals surface area contributed by atoms with E-state index in [0.717, 1.165) is 27.1 Å². The van der Waals surface area contributed by atoms with Crippen LogP contribution in [0.3, 0.4) is 0 Å². The highest BCUT2D eigenvalue weighted by atomic mass is 16.2. The number of H-pyrrole nitrogens is 1. The first-order valence-corrected chi connectivity index (χ1v) is 7.02. The van der Waals surface area contributed by atoms with Gasteiger partial charge in [0.25, 0.3) is 5.91 Å². The fourth-order valence-electron chi connectivity index (χ4n) is 2.48. The summed E-state index contributed by atoms with van der Waals surface area (Å²) in [6, 6.07) is 7.79. The summed E-state index contributed by atoms with van der Waals surface area (Å²) < 4.78 is 0. The number of likely N-dealkylation sites (N-methyl/N-ethyl adjacent to an activating group) is 2. The van der Waals surface area contributed by atoms with Crippen molar-refractivity contribution in [2.75, 3.05) is 34.2 Å². The average Bonchev–Trinajstić information content (AvgIpc) is 2.73. The number of hydrogen-bond acceptors (Lipinski definition) is 2. The topological polar surface area (TPSA) is 57.6 Å². The summed E-state index contributed by atoms with van der Waals surface area (Å²) in [6.07, 6.45) is 0. The summed E-state index contributed by atoms with van der Waals surface area (Å²) in [4.78, 5) is 29.9. The lowest BCUT2D eigenvalue weighted by atomic mass is 10.1. The number of aromatic amines is 1. The van der Waals surface area contributed by atoms with E-state index in [2.05, 4.69) is 4.98 Å². The van der Waals surface area contributed by atoms with Gasteiger partial charge in [0.1, 0.15) is 6.54 Å². The maximum atomic E-state index is 12.5. The Hall–Kier alpha value is -2.14. The molecule has 0 saturated heterocycles. The van der Waals surface area contributed by atoms with E-state index in [4.69, 9.17) is 0 Å². The number of para-hydroxylation sites is 1. The second-order valence-corrected chi connectivity index (χ2v) is 5.69. The Labute approximate surface area is 124 Å². The zero-order valence-electron chi connectivity index (χ0n) is 13.0. The molecule has 21 heavy (non-hydrogen) atoms. The highest BCUT2D eigenvalue weighted by molar-refractivity contribution is 6.09. The Morgan fingerprint density at radius 2 is 1.86 bits per heavy atom. The number of aryl methyl sites for hydroxylation is 1. The largest absolute Gasteiger partial charge is 0.358 e. The van der Waals surface area contributed by atoms with Crippen LogP contribution in [0.4, 0.5) is 0 Å². The number of carbonyl (C=O) groups is 2. The van der Waals surface area contributed by atoms with Crippen LogP contribution in [0.1, 0.15) is 16.1 Å². The molecule has 1 aromatic carbocycles. The molecule has 2 aromatic rings. The molecule has 0 aliphatic heterocycles. The molecular formula is C16H22N3O2+. The van der Waals surface area contributed by atoms with Gasteiger partial charge in [-0.1, -0.05) is 18.2 Å². The van der Waals surface area contributed by atoms with Gasteiger partial charge in [0.15, 0.2) is 6.54 Å². The lowest BCUT2D eigenvalue weighted by Gasteiger charge is -2.15. The zero-order valence-corrected chi connectivity index (χ0v) is 13.0. The number of carbonyl (C=O) groups excluding carboxylic acids is 2.